The smallest absolute Gasteiger partial charge is 0.337 e. The Labute approximate surface area is 236 Å². The number of piperidine rings is 1. The number of aromatic carboxylic acids is 1. The lowest BCUT2D eigenvalue weighted by Gasteiger charge is -2.45. The van der Waals surface area contributed by atoms with Crippen LogP contribution in [0.1, 0.15) is 62.8 Å². The molecule has 0 bridgehead atoms. The number of methoxy groups -OCH3 is 1. The van der Waals surface area contributed by atoms with Crippen molar-refractivity contribution >= 4 is 28.4 Å². The second-order valence-electron chi connectivity index (χ2n) is 11.1. The van der Waals surface area contributed by atoms with Crippen LogP contribution in [-0.4, -0.2) is 58.0 Å². The van der Waals surface area contributed by atoms with E-state index in [0.29, 0.717) is 65.7 Å². The first-order valence-electron chi connectivity index (χ1n) is 13.9. The number of aromatic nitrogens is 2. The highest BCUT2D eigenvalue weighted by molar-refractivity contribution is 6.19. The van der Waals surface area contributed by atoms with Crippen LogP contribution in [0.25, 0.3) is 22.0 Å². The second kappa shape index (κ2) is 9.55. The molecule has 0 amide bonds. The molecule has 2 fully saturated rings. The molecule has 4 heterocycles. The Morgan fingerprint density at radius 1 is 1.05 bits per heavy atom. The van der Waals surface area contributed by atoms with E-state index in [0.717, 1.165) is 23.7 Å². The van der Waals surface area contributed by atoms with Crippen LogP contribution in [0.4, 0.5) is 0 Å². The Morgan fingerprint density at radius 2 is 1.85 bits per heavy atom. The summed E-state index contributed by atoms with van der Waals surface area (Å²) in [5, 5.41) is 13.7. The molecule has 0 radical (unpaired) electrons. The summed E-state index contributed by atoms with van der Waals surface area (Å²) in [6, 6.07) is 12.8. The third-order valence-corrected chi connectivity index (χ3v) is 8.62. The number of ketones is 2. The predicted octanol–water partition coefficient (Wildman–Crippen LogP) is 4.94. The molecule has 1 spiro atoms. The van der Waals surface area contributed by atoms with Gasteiger partial charge in [-0.25, -0.2) is 4.79 Å². The van der Waals surface area contributed by atoms with Crippen molar-refractivity contribution in [2.45, 2.75) is 37.3 Å². The molecule has 2 aliphatic heterocycles. The van der Waals surface area contributed by atoms with Crippen LogP contribution in [0.2, 0.25) is 0 Å². The zero-order valence-electron chi connectivity index (χ0n) is 22.6. The van der Waals surface area contributed by atoms with E-state index in [1.807, 2.05) is 18.3 Å². The largest absolute Gasteiger partial charge is 0.496 e. The maximum Gasteiger partial charge on any atom is 0.337 e. The summed E-state index contributed by atoms with van der Waals surface area (Å²) in [6.45, 7) is 1.26. The minimum Gasteiger partial charge on any atom is -0.496 e. The van der Waals surface area contributed by atoms with Crippen LogP contribution in [0.15, 0.2) is 61.1 Å². The molecule has 2 aromatic heterocycles. The van der Waals surface area contributed by atoms with E-state index in [2.05, 4.69) is 14.9 Å². The molecule has 7 rings (SSSR count). The Morgan fingerprint density at radius 3 is 2.59 bits per heavy atom. The minimum atomic E-state index is -1.09. The first-order chi connectivity index (χ1) is 19.9. The third kappa shape index (κ3) is 4.19. The molecule has 1 saturated heterocycles. The van der Waals surface area contributed by atoms with E-state index in [-0.39, 0.29) is 17.1 Å². The van der Waals surface area contributed by atoms with Gasteiger partial charge in [-0.2, -0.15) is 0 Å². The quantitative estimate of drug-likeness (QED) is 0.255. The van der Waals surface area contributed by atoms with Crippen molar-refractivity contribution in [2.24, 2.45) is 5.92 Å². The average Bonchev–Trinajstić information content (AvgIpc) is 3.75. The van der Waals surface area contributed by atoms with Gasteiger partial charge in [0.1, 0.15) is 23.0 Å². The Bertz CT molecular complexity index is 1730. The molecule has 9 nitrogen and oxygen atoms in total. The first kappa shape index (κ1) is 25.5. The Hall–Kier alpha value is -4.50. The Kier molecular flexibility index (Phi) is 5.93. The van der Waals surface area contributed by atoms with E-state index >= 15 is 0 Å². The van der Waals surface area contributed by atoms with Crippen molar-refractivity contribution in [1.82, 2.24) is 14.9 Å². The highest BCUT2D eigenvalue weighted by Gasteiger charge is 2.54. The van der Waals surface area contributed by atoms with Gasteiger partial charge in [-0.15, -0.1) is 0 Å². The number of Topliss-reactive ketones (excluding diaryl/α,β-unsaturated/α-hetero) is 2. The second-order valence-corrected chi connectivity index (χ2v) is 11.1. The number of pyridine rings is 1. The summed E-state index contributed by atoms with van der Waals surface area (Å²) in [6.07, 6.45) is 8.08. The normalized spacial score (nSPS) is 19.5. The molecule has 1 aliphatic carbocycles. The summed E-state index contributed by atoms with van der Waals surface area (Å²) in [5.74, 6) is -1.67. The molecule has 41 heavy (non-hydrogen) atoms. The number of carbonyl (C=O) groups is 3. The highest BCUT2D eigenvalue weighted by Crippen LogP contribution is 2.46. The number of carbonyl (C=O) groups excluding carboxylic acids is 2. The van der Waals surface area contributed by atoms with Crippen molar-refractivity contribution < 1.29 is 29.0 Å². The lowest BCUT2D eigenvalue weighted by atomic mass is 9.70. The van der Waals surface area contributed by atoms with Gasteiger partial charge in [0.2, 0.25) is 0 Å². The van der Waals surface area contributed by atoms with Crippen LogP contribution in [0.5, 0.6) is 11.5 Å². The van der Waals surface area contributed by atoms with Crippen molar-refractivity contribution in [1.29, 1.82) is 0 Å². The molecule has 3 aliphatic rings. The number of fused-ring (bicyclic) bond motifs is 2. The molecule has 1 atom stereocenters. The number of ether oxygens (including phenoxy) is 2. The van der Waals surface area contributed by atoms with E-state index in [9.17, 15) is 19.5 Å². The number of nitrogens with one attached hydrogen (secondary N) is 1. The monoisotopic (exact) mass is 551 g/mol. The number of hydrogen-bond acceptors (Lipinski definition) is 7. The standard InChI is InChI=1S/C32H29N3O6/c1-40-27-15-19(14-25-23(27)6-11-35(25)22-3-4-22)29(36)28-30(37)24-13-18(20-12-21(31(38)39)17-34-16-20)2-5-26(24)41-32(28)7-9-33-10-8-32/h2,5-6,11-17,22,28,33H,3-4,7-10H2,1H3,(H,38,39). The van der Waals surface area contributed by atoms with Crippen LogP contribution in [-0.2, 0) is 0 Å². The first-order valence-corrected chi connectivity index (χ1v) is 13.9. The van der Waals surface area contributed by atoms with Gasteiger partial charge >= 0.3 is 5.97 Å². The molecule has 2 N–H and O–H groups in total. The van der Waals surface area contributed by atoms with Crippen LogP contribution < -0.4 is 14.8 Å². The van der Waals surface area contributed by atoms with Gasteiger partial charge < -0.3 is 24.5 Å². The molecule has 1 unspecified atom stereocenters. The van der Waals surface area contributed by atoms with Crippen molar-refractivity contribution in [3.63, 3.8) is 0 Å². The molecule has 1 saturated carbocycles. The van der Waals surface area contributed by atoms with Gasteiger partial charge in [0.25, 0.3) is 0 Å². The molecule has 2 aromatic carbocycles. The fourth-order valence-corrected chi connectivity index (χ4v) is 6.35. The summed E-state index contributed by atoms with van der Waals surface area (Å²) in [7, 11) is 1.59. The average molecular weight is 552 g/mol. The summed E-state index contributed by atoms with van der Waals surface area (Å²) in [5.41, 5.74) is 1.90. The number of hydrogen-bond donors (Lipinski definition) is 2. The van der Waals surface area contributed by atoms with E-state index < -0.39 is 17.5 Å². The summed E-state index contributed by atoms with van der Waals surface area (Å²) in [4.78, 5) is 44.3. The lowest BCUT2D eigenvalue weighted by molar-refractivity contribution is -0.0138. The van der Waals surface area contributed by atoms with Gasteiger partial charge in [0.05, 0.1) is 23.8 Å². The van der Waals surface area contributed by atoms with E-state index in [4.69, 9.17) is 9.47 Å². The number of carboxylic acid groups (broad SMARTS) is 1. The van der Waals surface area contributed by atoms with E-state index in [1.165, 1.54) is 12.3 Å². The van der Waals surface area contributed by atoms with Gasteiger partial charge in [0.15, 0.2) is 11.6 Å². The predicted molar refractivity (Wildman–Crippen MR) is 151 cm³/mol. The fraction of sp³-hybridized carbons (Fsp3) is 0.312. The molecule has 208 valence electrons. The van der Waals surface area contributed by atoms with Crippen molar-refractivity contribution in [2.75, 3.05) is 20.2 Å². The number of benzene rings is 2. The SMILES string of the molecule is COc1cc(C(=O)C2C(=O)c3cc(-c4cncc(C(=O)O)c4)ccc3OC23CCNCC3)cc2c1ccn2C1CC1. The number of nitrogens with zero attached hydrogens (tertiary/aromatic N) is 2. The van der Waals surface area contributed by atoms with Gasteiger partial charge in [0, 0.05) is 54.0 Å². The van der Waals surface area contributed by atoms with Crippen molar-refractivity contribution in [3.8, 4) is 22.6 Å². The van der Waals surface area contributed by atoms with Gasteiger partial charge in [-0.3, -0.25) is 14.6 Å². The van der Waals surface area contributed by atoms with Crippen molar-refractivity contribution in [3.05, 3.63) is 77.7 Å². The van der Waals surface area contributed by atoms with E-state index in [1.54, 1.807) is 37.6 Å². The maximum atomic E-state index is 14.4. The number of carboxylic acids is 1. The lowest BCUT2D eigenvalue weighted by Crippen LogP contribution is -2.58. The highest BCUT2D eigenvalue weighted by atomic mass is 16.5. The Balaban J connectivity index is 1.33. The molecular formula is C32H29N3O6. The molecular weight excluding hydrogens is 522 g/mol. The topological polar surface area (TPSA) is 120 Å². The third-order valence-electron chi connectivity index (χ3n) is 8.62. The van der Waals surface area contributed by atoms with Crippen LogP contribution in [0, 0.1) is 5.92 Å². The van der Waals surface area contributed by atoms with Gasteiger partial charge in [-0.1, -0.05) is 6.07 Å². The zero-order chi connectivity index (χ0) is 28.3. The summed E-state index contributed by atoms with van der Waals surface area (Å²) >= 11 is 0. The van der Waals surface area contributed by atoms with Gasteiger partial charge in [-0.05, 0) is 67.9 Å². The molecule has 9 heteroatoms. The molecule has 4 aromatic rings. The fourth-order valence-electron chi connectivity index (χ4n) is 6.35. The maximum absolute atomic E-state index is 14.4. The number of rotatable bonds is 6. The van der Waals surface area contributed by atoms with Crippen LogP contribution in [0.3, 0.4) is 0 Å². The zero-order valence-corrected chi connectivity index (χ0v) is 22.6. The minimum absolute atomic E-state index is 0.0461. The van der Waals surface area contributed by atoms with Crippen LogP contribution >= 0.6 is 0 Å². The summed E-state index contributed by atoms with van der Waals surface area (Å²) < 4.78 is 14.5.